The molecule has 0 unspecified atom stereocenters. The molecule has 2 N–H and O–H groups in total. The van der Waals surface area contributed by atoms with Gasteiger partial charge in [-0.15, -0.1) is 0 Å². The first-order valence-electron chi connectivity index (χ1n) is 12.1. The molecule has 9 nitrogen and oxygen atoms in total. The number of hydrogen-bond acceptors (Lipinski definition) is 6. The number of carbonyl (C=O) groups is 5. The second-order valence-electron chi connectivity index (χ2n) is 9.18. The van der Waals surface area contributed by atoms with Crippen LogP contribution in [0.3, 0.4) is 0 Å². The number of aryl methyl sites for hydroxylation is 1. The Morgan fingerprint density at radius 3 is 2.25 bits per heavy atom. The van der Waals surface area contributed by atoms with Crippen LogP contribution in [0.4, 0.5) is 5.69 Å². The Morgan fingerprint density at radius 1 is 0.944 bits per heavy atom. The molecule has 2 fully saturated rings. The van der Waals surface area contributed by atoms with Crippen molar-refractivity contribution in [1.29, 1.82) is 0 Å². The monoisotopic (exact) mass is 491 g/mol. The molecule has 2 atom stereocenters. The molecule has 4 rings (SSSR count). The van der Waals surface area contributed by atoms with E-state index in [1.807, 2.05) is 31.2 Å². The third-order valence-electron chi connectivity index (χ3n) is 6.60. The Hall–Kier alpha value is -4.01. The van der Waals surface area contributed by atoms with Crippen molar-refractivity contribution in [1.82, 2.24) is 10.2 Å². The van der Waals surface area contributed by atoms with Crippen LogP contribution in [0.5, 0.6) is 0 Å². The summed E-state index contributed by atoms with van der Waals surface area (Å²) in [4.78, 5) is 63.3. The number of likely N-dealkylation sites (tertiary alicyclic amines) is 1. The highest BCUT2D eigenvalue weighted by Gasteiger charge is 2.48. The summed E-state index contributed by atoms with van der Waals surface area (Å²) >= 11 is 0. The summed E-state index contributed by atoms with van der Waals surface area (Å²) in [6, 6.07) is 14.3. The van der Waals surface area contributed by atoms with Crippen LogP contribution in [0, 0.1) is 18.8 Å². The first-order chi connectivity index (χ1) is 17.3. The highest BCUT2D eigenvalue weighted by atomic mass is 16.5. The fourth-order valence-electron chi connectivity index (χ4n) is 4.67. The van der Waals surface area contributed by atoms with Crippen molar-refractivity contribution in [3.05, 3.63) is 65.2 Å². The van der Waals surface area contributed by atoms with Crippen molar-refractivity contribution < 1.29 is 28.7 Å². The van der Waals surface area contributed by atoms with Crippen molar-refractivity contribution in [3.63, 3.8) is 0 Å². The molecule has 188 valence electrons. The number of carbonyl (C=O) groups excluding carboxylic acids is 5. The van der Waals surface area contributed by atoms with E-state index >= 15 is 0 Å². The van der Waals surface area contributed by atoms with Crippen LogP contribution in [0.2, 0.25) is 0 Å². The first-order valence-corrected chi connectivity index (χ1v) is 12.1. The van der Waals surface area contributed by atoms with Crippen molar-refractivity contribution in [2.45, 2.75) is 39.2 Å². The average Bonchev–Trinajstić information content (AvgIpc) is 3.12. The third-order valence-corrected chi connectivity index (χ3v) is 6.60. The molecule has 1 saturated heterocycles. The van der Waals surface area contributed by atoms with Crippen LogP contribution in [0.25, 0.3) is 0 Å². The van der Waals surface area contributed by atoms with Crippen LogP contribution in [0.1, 0.15) is 47.2 Å². The predicted molar refractivity (Wildman–Crippen MR) is 131 cm³/mol. The maximum atomic E-state index is 12.7. The lowest BCUT2D eigenvalue weighted by Crippen LogP contribution is -2.37. The summed E-state index contributed by atoms with van der Waals surface area (Å²) in [6.45, 7) is 1.20. The van der Waals surface area contributed by atoms with Gasteiger partial charge in [-0.2, -0.15) is 0 Å². The van der Waals surface area contributed by atoms with Crippen molar-refractivity contribution in [2.24, 2.45) is 11.8 Å². The van der Waals surface area contributed by atoms with Gasteiger partial charge in [0.2, 0.25) is 11.8 Å². The van der Waals surface area contributed by atoms with Crippen LogP contribution >= 0.6 is 0 Å². The minimum atomic E-state index is -0.838. The maximum Gasteiger partial charge on any atom is 0.326 e. The zero-order valence-corrected chi connectivity index (χ0v) is 20.1. The normalized spacial score (nSPS) is 19.0. The highest BCUT2D eigenvalue weighted by molar-refractivity contribution is 6.07. The molecule has 4 amide bonds. The number of nitrogens with zero attached hydrogens (tertiary/aromatic N) is 1. The largest absolute Gasteiger partial charge is 0.454 e. The van der Waals surface area contributed by atoms with E-state index in [0.29, 0.717) is 19.4 Å². The molecule has 0 spiro atoms. The van der Waals surface area contributed by atoms with E-state index in [1.165, 1.54) is 0 Å². The number of para-hydroxylation sites is 1. The smallest absolute Gasteiger partial charge is 0.326 e. The molecule has 36 heavy (non-hydrogen) atoms. The molecular formula is C27H29N3O6. The van der Waals surface area contributed by atoms with E-state index in [2.05, 4.69) is 10.6 Å². The van der Waals surface area contributed by atoms with E-state index in [-0.39, 0.29) is 40.8 Å². The zero-order chi connectivity index (χ0) is 25.7. The van der Waals surface area contributed by atoms with Gasteiger partial charge >= 0.3 is 5.97 Å². The second-order valence-corrected chi connectivity index (χ2v) is 9.18. The number of nitrogens with one attached hydrogen (secondary N) is 2. The minimum absolute atomic E-state index is 0.264. The fourth-order valence-corrected chi connectivity index (χ4v) is 4.67. The SMILES string of the molecule is Cc1ccc(CNC(=O)c2ccccc2NC(=O)COC(=O)CN2C(=O)[C@@H]3CCCC[C@H]3C2=O)cc1. The summed E-state index contributed by atoms with van der Waals surface area (Å²) < 4.78 is 5.01. The summed E-state index contributed by atoms with van der Waals surface area (Å²) in [5, 5.41) is 5.40. The molecule has 1 saturated carbocycles. The molecule has 9 heteroatoms. The second kappa shape index (κ2) is 11.2. The lowest BCUT2D eigenvalue weighted by molar-refractivity contribution is -0.154. The Balaban J connectivity index is 1.28. The number of imide groups is 1. The number of fused-ring (bicyclic) bond motifs is 1. The third kappa shape index (κ3) is 5.79. The molecule has 2 aromatic rings. The van der Waals surface area contributed by atoms with Gasteiger partial charge in [-0.1, -0.05) is 54.8 Å². The van der Waals surface area contributed by atoms with Gasteiger partial charge in [0, 0.05) is 6.54 Å². The van der Waals surface area contributed by atoms with Gasteiger partial charge in [0.25, 0.3) is 11.8 Å². The van der Waals surface area contributed by atoms with Gasteiger partial charge in [-0.25, -0.2) is 0 Å². The summed E-state index contributed by atoms with van der Waals surface area (Å²) in [5.74, 6) is -3.22. The molecule has 2 aromatic carbocycles. The number of hydrogen-bond donors (Lipinski definition) is 2. The molecule has 1 aliphatic heterocycles. The lowest BCUT2D eigenvalue weighted by atomic mass is 9.81. The van der Waals surface area contributed by atoms with Crippen LogP contribution < -0.4 is 10.6 Å². The lowest BCUT2D eigenvalue weighted by Gasteiger charge is -2.19. The number of amides is 4. The quantitative estimate of drug-likeness (QED) is 0.432. The zero-order valence-electron chi connectivity index (χ0n) is 20.1. The topological polar surface area (TPSA) is 122 Å². The van der Waals surface area contributed by atoms with E-state index in [1.54, 1.807) is 24.3 Å². The summed E-state index contributed by atoms with van der Waals surface area (Å²) in [7, 11) is 0. The van der Waals surface area contributed by atoms with Gasteiger partial charge in [0.15, 0.2) is 6.61 Å². The summed E-state index contributed by atoms with van der Waals surface area (Å²) in [5.41, 5.74) is 2.60. The van der Waals surface area contributed by atoms with Crippen LogP contribution in [-0.4, -0.2) is 47.6 Å². The standard InChI is InChI=1S/C27H29N3O6/c1-17-10-12-18(13-11-17)14-28-25(33)21-8-4-5-9-22(21)29-23(31)16-36-24(32)15-30-26(34)19-6-2-3-7-20(19)27(30)35/h4-5,8-13,19-20H,2-3,6-7,14-16H2,1H3,(H,28,33)(H,29,31)/t19-,20-/m1/s1. The number of ether oxygens (including phenoxy) is 1. The minimum Gasteiger partial charge on any atom is -0.454 e. The number of benzene rings is 2. The predicted octanol–water partition coefficient (Wildman–Crippen LogP) is 2.58. The van der Waals surface area contributed by atoms with Gasteiger partial charge in [0.05, 0.1) is 23.1 Å². The van der Waals surface area contributed by atoms with E-state index in [9.17, 15) is 24.0 Å². The summed E-state index contributed by atoms with van der Waals surface area (Å²) in [6.07, 6.45) is 3.09. The molecule has 1 aliphatic carbocycles. The van der Waals surface area contributed by atoms with Gasteiger partial charge in [-0.05, 0) is 37.5 Å². The molecule has 1 heterocycles. The molecule has 0 bridgehead atoms. The fraction of sp³-hybridized carbons (Fsp3) is 0.370. The Morgan fingerprint density at radius 2 is 1.58 bits per heavy atom. The molecule has 0 radical (unpaired) electrons. The molecular weight excluding hydrogens is 462 g/mol. The number of anilines is 1. The number of esters is 1. The van der Waals surface area contributed by atoms with Gasteiger partial charge in [0.1, 0.15) is 6.54 Å². The number of rotatable bonds is 8. The van der Waals surface area contributed by atoms with Gasteiger partial charge < -0.3 is 15.4 Å². The van der Waals surface area contributed by atoms with Crippen molar-refractivity contribution in [2.75, 3.05) is 18.5 Å². The van der Waals surface area contributed by atoms with E-state index < -0.39 is 25.0 Å². The maximum absolute atomic E-state index is 12.7. The van der Waals surface area contributed by atoms with Crippen LogP contribution in [-0.2, 0) is 30.5 Å². The van der Waals surface area contributed by atoms with E-state index in [0.717, 1.165) is 28.9 Å². The van der Waals surface area contributed by atoms with Gasteiger partial charge in [-0.3, -0.25) is 28.9 Å². The van der Waals surface area contributed by atoms with Crippen LogP contribution in [0.15, 0.2) is 48.5 Å². The highest BCUT2D eigenvalue weighted by Crippen LogP contribution is 2.37. The Kier molecular flexibility index (Phi) is 7.77. The average molecular weight is 492 g/mol. The molecule has 0 aromatic heterocycles. The van der Waals surface area contributed by atoms with E-state index in [4.69, 9.17) is 4.74 Å². The van der Waals surface area contributed by atoms with Crippen molar-refractivity contribution in [3.8, 4) is 0 Å². The first kappa shape index (κ1) is 25.1. The van der Waals surface area contributed by atoms with Crippen molar-refractivity contribution >= 4 is 35.3 Å². The Bertz CT molecular complexity index is 1150. The Labute approximate surface area is 209 Å². The molecule has 2 aliphatic rings.